The van der Waals surface area contributed by atoms with Crippen LogP contribution in [0.2, 0.25) is 0 Å². The smallest absolute Gasteiger partial charge is 0.324 e. The lowest BCUT2D eigenvalue weighted by molar-refractivity contribution is -0.137. The fourth-order valence-electron chi connectivity index (χ4n) is 1.67. The van der Waals surface area contributed by atoms with E-state index in [-0.39, 0.29) is 6.04 Å². The fraction of sp³-hybridized carbons (Fsp3) is 0.214. The van der Waals surface area contributed by atoms with Gasteiger partial charge in [0.25, 0.3) is 0 Å². The first kappa shape index (κ1) is 14.9. The van der Waals surface area contributed by atoms with Crippen LogP contribution in [0.1, 0.15) is 24.1 Å². The minimum atomic E-state index is -4.36. The van der Waals surface area contributed by atoms with Crippen molar-refractivity contribution in [2.45, 2.75) is 29.1 Å². The summed E-state index contributed by atoms with van der Waals surface area (Å²) in [6.07, 6.45) is -3.52. The molecule has 0 saturated heterocycles. The Kier molecular flexibility index (Phi) is 4.35. The Morgan fingerprint density at radius 1 is 1.15 bits per heavy atom. The molecule has 106 valence electrons. The molecule has 0 aliphatic carbocycles. The summed E-state index contributed by atoms with van der Waals surface area (Å²) in [5.74, 6) is 0. The molecule has 2 N–H and O–H groups in total. The lowest BCUT2D eigenvalue weighted by Gasteiger charge is -2.12. The van der Waals surface area contributed by atoms with Crippen LogP contribution in [0, 0.1) is 0 Å². The first-order valence-corrected chi connectivity index (χ1v) is 6.75. The molecule has 0 aliphatic rings. The van der Waals surface area contributed by atoms with Crippen LogP contribution in [0.3, 0.4) is 0 Å². The maximum absolute atomic E-state index is 12.5. The van der Waals surface area contributed by atoms with Gasteiger partial charge in [-0.1, -0.05) is 30.0 Å². The molecule has 1 atom stereocenters. The Hall–Kier alpha value is -1.53. The number of hydrogen-bond acceptors (Lipinski definition) is 3. The summed E-state index contributed by atoms with van der Waals surface area (Å²) < 4.78 is 37.4. The summed E-state index contributed by atoms with van der Waals surface area (Å²) in [6, 6.07) is 9.77. The van der Waals surface area contributed by atoms with Gasteiger partial charge >= 0.3 is 6.18 Å². The van der Waals surface area contributed by atoms with Crippen molar-refractivity contribution in [3.05, 3.63) is 53.7 Å². The van der Waals surface area contributed by atoms with Gasteiger partial charge in [-0.05, 0) is 30.7 Å². The number of nitrogens with two attached hydrogens (primary N) is 1. The van der Waals surface area contributed by atoms with E-state index in [2.05, 4.69) is 4.98 Å². The van der Waals surface area contributed by atoms with E-state index >= 15 is 0 Å². The number of benzene rings is 1. The van der Waals surface area contributed by atoms with Crippen LogP contribution in [-0.4, -0.2) is 4.98 Å². The second kappa shape index (κ2) is 5.85. The van der Waals surface area contributed by atoms with Gasteiger partial charge in [-0.3, -0.25) is 0 Å². The van der Waals surface area contributed by atoms with Gasteiger partial charge < -0.3 is 5.73 Å². The van der Waals surface area contributed by atoms with E-state index in [0.29, 0.717) is 5.03 Å². The van der Waals surface area contributed by atoms with Crippen molar-refractivity contribution < 1.29 is 13.2 Å². The first-order chi connectivity index (χ1) is 9.38. The summed E-state index contributed by atoms with van der Waals surface area (Å²) in [5, 5.41) is 0.506. The van der Waals surface area contributed by atoms with E-state index < -0.39 is 11.7 Å². The maximum Gasteiger partial charge on any atom is 0.417 e. The molecule has 1 aromatic carbocycles. The van der Waals surface area contributed by atoms with E-state index in [4.69, 9.17) is 5.73 Å². The number of pyridine rings is 1. The van der Waals surface area contributed by atoms with Crippen molar-refractivity contribution >= 4 is 11.8 Å². The van der Waals surface area contributed by atoms with Crippen molar-refractivity contribution in [2.75, 3.05) is 0 Å². The molecule has 1 heterocycles. The van der Waals surface area contributed by atoms with Crippen molar-refractivity contribution in [2.24, 2.45) is 5.73 Å². The van der Waals surface area contributed by atoms with E-state index in [1.807, 2.05) is 31.2 Å². The number of nitrogens with zero attached hydrogens (tertiary/aromatic N) is 1. The highest BCUT2D eigenvalue weighted by Gasteiger charge is 2.30. The second-order valence-corrected chi connectivity index (χ2v) is 5.37. The molecule has 6 heteroatoms. The third-order valence-electron chi connectivity index (χ3n) is 2.69. The fourth-order valence-corrected chi connectivity index (χ4v) is 2.66. The molecule has 2 nitrogen and oxygen atoms in total. The predicted octanol–water partition coefficient (Wildman–Crippen LogP) is 4.27. The van der Waals surface area contributed by atoms with Gasteiger partial charge in [-0.2, -0.15) is 13.2 Å². The third kappa shape index (κ3) is 3.52. The van der Waals surface area contributed by atoms with Crippen LogP contribution < -0.4 is 5.73 Å². The summed E-state index contributed by atoms with van der Waals surface area (Å²) in [6.45, 7) is 1.86. The van der Waals surface area contributed by atoms with Crippen LogP contribution in [0.5, 0.6) is 0 Å². The zero-order valence-electron chi connectivity index (χ0n) is 10.7. The third-order valence-corrected chi connectivity index (χ3v) is 3.73. The zero-order valence-corrected chi connectivity index (χ0v) is 11.5. The molecule has 0 radical (unpaired) electrons. The molecular formula is C14H13F3N2S. The van der Waals surface area contributed by atoms with Crippen LogP contribution in [0.15, 0.2) is 52.5 Å². The minimum Gasteiger partial charge on any atom is -0.324 e. The quantitative estimate of drug-likeness (QED) is 0.919. The monoisotopic (exact) mass is 298 g/mol. The van der Waals surface area contributed by atoms with E-state index in [9.17, 15) is 13.2 Å². The Morgan fingerprint density at radius 3 is 2.40 bits per heavy atom. The van der Waals surface area contributed by atoms with Crippen LogP contribution in [0.4, 0.5) is 13.2 Å². The summed E-state index contributed by atoms with van der Waals surface area (Å²) in [5.41, 5.74) is 6.06. The van der Waals surface area contributed by atoms with Crippen LogP contribution >= 0.6 is 11.8 Å². The Bertz CT molecular complexity index is 580. The molecule has 1 unspecified atom stereocenters. The van der Waals surface area contributed by atoms with E-state index in [0.717, 1.165) is 22.7 Å². The van der Waals surface area contributed by atoms with Crippen molar-refractivity contribution in [3.63, 3.8) is 0 Å². The van der Waals surface area contributed by atoms with Gasteiger partial charge in [-0.15, -0.1) is 0 Å². The molecule has 2 rings (SSSR count). The molecule has 20 heavy (non-hydrogen) atoms. The summed E-state index contributed by atoms with van der Waals surface area (Å²) in [7, 11) is 0. The van der Waals surface area contributed by atoms with E-state index in [1.165, 1.54) is 17.8 Å². The van der Waals surface area contributed by atoms with Gasteiger partial charge in [0.1, 0.15) is 5.03 Å². The van der Waals surface area contributed by atoms with E-state index in [1.54, 1.807) is 0 Å². The predicted molar refractivity (Wildman–Crippen MR) is 72.4 cm³/mol. The topological polar surface area (TPSA) is 38.9 Å². The van der Waals surface area contributed by atoms with Crippen LogP contribution in [-0.2, 0) is 6.18 Å². The first-order valence-electron chi connectivity index (χ1n) is 5.93. The zero-order chi connectivity index (χ0) is 14.8. The highest BCUT2D eigenvalue weighted by Crippen LogP contribution is 2.33. The molecule has 1 aromatic heterocycles. The average Bonchev–Trinajstić information content (AvgIpc) is 2.38. The summed E-state index contributed by atoms with van der Waals surface area (Å²) in [4.78, 5) is 4.74. The molecular weight excluding hydrogens is 285 g/mol. The Morgan fingerprint density at radius 2 is 1.85 bits per heavy atom. The molecule has 0 aliphatic heterocycles. The molecule has 2 aromatic rings. The van der Waals surface area contributed by atoms with Crippen LogP contribution in [0.25, 0.3) is 0 Å². The lowest BCUT2D eigenvalue weighted by Crippen LogP contribution is -2.06. The average molecular weight is 298 g/mol. The molecule has 0 fully saturated rings. The normalized spacial score (nSPS) is 13.2. The number of alkyl halides is 3. The lowest BCUT2D eigenvalue weighted by atomic mass is 10.1. The van der Waals surface area contributed by atoms with Crippen molar-refractivity contribution in [1.82, 2.24) is 4.98 Å². The van der Waals surface area contributed by atoms with Gasteiger partial charge in [0.15, 0.2) is 0 Å². The number of aromatic nitrogens is 1. The Balaban J connectivity index is 2.23. The molecule has 0 saturated carbocycles. The van der Waals surface area contributed by atoms with Gasteiger partial charge in [0.2, 0.25) is 0 Å². The number of hydrogen-bond donors (Lipinski definition) is 1. The highest BCUT2D eigenvalue weighted by atomic mass is 32.2. The molecule has 0 spiro atoms. The maximum atomic E-state index is 12.5. The number of halogens is 3. The van der Waals surface area contributed by atoms with Gasteiger partial charge in [-0.25, -0.2) is 4.98 Å². The second-order valence-electron chi connectivity index (χ2n) is 4.31. The summed E-state index contributed by atoms with van der Waals surface area (Å²) >= 11 is 1.30. The molecule has 0 amide bonds. The Labute approximate surface area is 119 Å². The van der Waals surface area contributed by atoms with Gasteiger partial charge in [0.05, 0.1) is 5.56 Å². The highest BCUT2D eigenvalue weighted by molar-refractivity contribution is 7.99. The van der Waals surface area contributed by atoms with Crippen molar-refractivity contribution in [3.8, 4) is 0 Å². The minimum absolute atomic E-state index is 0.145. The standard InChI is InChI=1S/C14H13F3N2S/c1-9(18)11-4-2-3-5-12(11)20-13-7-6-10(8-19-13)14(15,16)17/h2-9H,18H2,1H3. The number of rotatable bonds is 3. The van der Waals surface area contributed by atoms with Crippen molar-refractivity contribution in [1.29, 1.82) is 0 Å². The van der Waals surface area contributed by atoms with Gasteiger partial charge in [0, 0.05) is 17.1 Å². The largest absolute Gasteiger partial charge is 0.417 e. The SMILES string of the molecule is CC(N)c1ccccc1Sc1ccc(C(F)(F)F)cn1. The molecule has 0 bridgehead atoms.